The third kappa shape index (κ3) is 3.19. The summed E-state index contributed by atoms with van der Waals surface area (Å²) in [5, 5.41) is 2.77. The van der Waals surface area contributed by atoms with E-state index in [0.717, 1.165) is 4.90 Å². The molecule has 1 heterocycles. The number of rotatable bonds is 7. The number of ketones is 1. The zero-order valence-electron chi connectivity index (χ0n) is 16.0. The summed E-state index contributed by atoms with van der Waals surface area (Å²) < 4.78 is 10.4. The van der Waals surface area contributed by atoms with Crippen LogP contribution in [0.15, 0.2) is 48.5 Å². The molecule has 3 rings (SSSR count). The predicted molar refractivity (Wildman–Crippen MR) is 103 cm³/mol. The van der Waals surface area contributed by atoms with E-state index in [2.05, 4.69) is 5.32 Å². The van der Waals surface area contributed by atoms with Crippen molar-refractivity contribution in [3.8, 4) is 11.5 Å². The topological polar surface area (TPSA) is 84.9 Å². The van der Waals surface area contributed by atoms with Crippen LogP contribution in [0, 0.1) is 0 Å². The molecule has 1 atom stereocenters. The molecule has 1 unspecified atom stereocenters. The molecule has 3 amide bonds. The number of nitrogens with zero attached hydrogens (tertiary/aromatic N) is 1. The number of hydrogen-bond acceptors (Lipinski definition) is 5. The third-order valence-electron chi connectivity index (χ3n) is 4.98. The quantitative estimate of drug-likeness (QED) is 0.588. The summed E-state index contributed by atoms with van der Waals surface area (Å²) in [6, 6.07) is 13.2. The summed E-state index contributed by atoms with van der Waals surface area (Å²) in [4.78, 5) is 39.4. The molecule has 0 aromatic heterocycles. The van der Waals surface area contributed by atoms with Crippen LogP contribution in [0.1, 0.15) is 29.3 Å². The molecule has 0 saturated carbocycles. The molecule has 7 heteroatoms. The Hall–Kier alpha value is -3.35. The molecule has 1 aliphatic heterocycles. The lowest BCUT2D eigenvalue weighted by atomic mass is 9.87. The number of imide groups is 1. The van der Waals surface area contributed by atoms with Crippen molar-refractivity contribution in [1.82, 2.24) is 10.2 Å². The monoisotopic (exact) mass is 382 g/mol. The predicted octanol–water partition coefficient (Wildman–Crippen LogP) is 2.74. The molecule has 1 aliphatic rings. The first-order chi connectivity index (χ1) is 13.5. The lowest BCUT2D eigenvalue weighted by molar-refractivity contribution is -0.131. The average molecular weight is 382 g/mol. The van der Waals surface area contributed by atoms with Gasteiger partial charge in [0.05, 0.1) is 26.3 Å². The summed E-state index contributed by atoms with van der Waals surface area (Å²) in [7, 11) is 2.95. The third-order valence-corrected chi connectivity index (χ3v) is 4.98. The van der Waals surface area contributed by atoms with Crippen LogP contribution in [0.2, 0.25) is 0 Å². The summed E-state index contributed by atoms with van der Waals surface area (Å²) in [5.41, 5.74) is -0.201. The maximum absolute atomic E-state index is 13.1. The van der Waals surface area contributed by atoms with Crippen LogP contribution in [0.4, 0.5) is 4.79 Å². The van der Waals surface area contributed by atoms with Crippen molar-refractivity contribution < 1.29 is 23.9 Å². The van der Waals surface area contributed by atoms with Crippen LogP contribution in [0.25, 0.3) is 0 Å². The van der Waals surface area contributed by atoms with Crippen molar-refractivity contribution in [2.45, 2.75) is 18.9 Å². The van der Waals surface area contributed by atoms with Gasteiger partial charge in [0.15, 0.2) is 5.78 Å². The number of nitrogens with one attached hydrogen (secondary N) is 1. The van der Waals surface area contributed by atoms with Crippen LogP contribution >= 0.6 is 0 Å². The number of benzene rings is 2. The van der Waals surface area contributed by atoms with Gasteiger partial charge in [-0.1, -0.05) is 37.3 Å². The lowest BCUT2D eigenvalue weighted by Gasteiger charge is -2.25. The van der Waals surface area contributed by atoms with Crippen LogP contribution in [0.3, 0.4) is 0 Å². The fraction of sp³-hybridized carbons (Fsp3) is 0.286. The Balaban J connectivity index is 1.88. The van der Waals surface area contributed by atoms with Gasteiger partial charge in [0, 0.05) is 6.07 Å². The molecule has 1 fully saturated rings. The molecule has 0 radical (unpaired) electrons. The highest BCUT2D eigenvalue weighted by Gasteiger charge is 2.51. The number of hydrogen-bond donors (Lipinski definition) is 1. The molecule has 0 spiro atoms. The average Bonchev–Trinajstić information content (AvgIpc) is 2.98. The van der Waals surface area contributed by atoms with Crippen LogP contribution in [-0.2, 0) is 10.3 Å². The minimum atomic E-state index is -1.16. The molecule has 2 aromatic rings. The van der Waals surface area contributed by atoms with E-state index in [1.165, 1.54) is 14.2 Å². The Labute approximate surface area is 163 Å². The molecule has 1 saturated heterocycles. The van der Waals surface area contributed by atoms with Crippen molar-refractivity contribution in [2.24, 2.45) is 0 Å². The molecule has 28 heavy (non-hydrogen) atoms. The Kier molecular flexibility index (Phi) is 5.35. The number of amides is 3. The van der Waals surface area contributed by atoms with E-state index < -0.39 is 23.3 Å². The largest absolute Gasteiger partial charge is 0.497 e. The van der Waals surface area contributed by atoms with E-state index in [-0.39, 0.29) is 12.1 Å². The molecule has 146 valence electrons. The van der Waals surface area contributed by atoms with Gasteiger partial charge >= 0.3 is 6.03 Å². The number of Topliss-reactive ketones (excluding diaryl/α,β-unsaturated/α-hetero) is 1. The van der Waals surface area contributed by atoms with Crippen molar-refractivity contribution in [1.29, 1.82) is 0 Å². The molecule has 2 aromatic carbocycles. The molecule has 0 aliphatic carbocycles. The van der Waals surface area contributed by atoms with Gasteiger partial charge in [0.1, 0.15) is 17.0 Å². The van der Waals surface area contributed by atoms with Gasteiger partial charge in [-0.05, 0) is 24.1 Å². The van der Waals surface area contributed by atoms with E-state index in [1.54, 1.807) is 30.3 Å². The van der Waals surface area contributed by atoms with Gasteiger partial charge in [-0.15, -0.1) is 0 Å². The van der Waals surface area contributed by atoms with E-state index in [1.807, 2.05) is 25.1 Å². The van der Waals surface area contributed by atoms with Gasteiger partial charge in [-0.3, -0.25) is 14.5 Å². The van der Waals surface area contributed by atoms with Crippen molar-refractivity contribution in [2.75, 3.05) is 20.8 Å². The highest BCUT2D eigenvalue weighted by atomic mass is 16.5. The molecular weight excluding hydrogens is 360 g/mol. The zero-order chi connectivity index (χ0) is 20.3. The number of methoxy groups -OCH3 is 2. The highest BCUT2D eigenvalue weighted by Crippen LogP contribution is 2.33. The van der Waals surface area contributed by atoms with Crippen LogP contribution in [-0.4, -0.2) is 43.4 Å². The van der Waals surface area contributed by atoms with E-state index in [9.17, 15) is 14.4 Å². The minimum absolute atomic E-state index is 0.276. The molecular formula is C21H22N2O5. The summed E-state index contributed by atoms with van der Waals surface area (Å²) >= 11 is 0. The minimum Gasteiger partial charge on any atom is -0.497 e. The molecule has 0 bridgehead atoms. The van der Waals surface area contributed by atoms with Gasteiger partial charge in [0.2, 0.25) is 0 Å². The Bertz CT molecular complexity index is 912. The smallest absolute Gasteiger partial charge is 0.325 e. The first-order valence-electron chi connectivity index (χ1n) is 8.91. The number of ether oxygens (including phenoxy) is 2. The molecule has 1 N–H and O–H groups in total. The second-order valence-electron chi connectivity index (χ2n) is 6.44. The maximum Gasteiger partial charge on any atom is 0.325 e. The van der Waals surface area contributed by atoms with Gasteiger partial charge in [-0.25, -0.2) is 4.79 Å². The Morgan fingerprint density at radius 2 is 1.79 bits per heavy atom. The number of carbonyl (C=O) groups is 3. The Morgan fingerprint density at radius 1 is 1.07 bits per heavy atom. The fourth-order valence-electron chi connectivity index (χ4n) is 3.39. The van der Waals surface area contributed by atoms with Crippen molar-refractivity contribution >= 4 is 17.7 Å². The SMILES string of the molecule is CCC1(c2ccccc2)NC(=O)N(CC(=O)c2ccc(OC)cc2OC)C1=O. The van der Waals surface area contributed by atoms with Gasteiger partial charge < -0.3 is 14.8 Å². The summed E-state index contributed by atoms with van der Waals surface area (Å²) in [6.45, 7) is 1.45. The first kappa shape index (κ1) is 19.4. The van der Waals surface area contributed by atoms with Crippen molar-refractivity contribution in [3.63, 3.8) is 0 Å². The first-order valence-corrected chi connectivity index (χ1v) is 8.91. The zero-order valence-corrected chi connectivity index (χ0v) is 16.0. The second kappa shape index (κ2) is 7.72. The summed E-state index contributed by atoms with van der Waals surface area (Å²) in [6.07, 6.45) is 0.373. The second-order valence-corrected chi connectivity index (χ2v) is 6.44. The summed E-state index contributed by atoms with van der Waals surface area (Å²) in [5.74, 6) is 0.0219. The van der Waals surface area contributed by atoms with E-state index in [4.69, 9.17) is 9.47 Å². The lowest BCUT2D eigenvalue weighted by Crippen LogP contribution is -2.43. The van der Waals surface area contributed by atoms with Gasteiger partial charge in [-0.2, -0.15) is 0 Å². The Morgan fingerprint density at radius 3 is 2.39 bits per heavy atom. The van der Waals surface area contributed by atoms with Crippen LogP contribution in [0.5, 0.6) is 11.5 Å². The molecule has 7 nitrogen and oxygen atoms in total. The number of carbonyl (C=O) groups excluding carboxylic acids is 3. The maximum atomic E-state index is 13.1. The normalized spacial score (nSPS) is 18.8. The van der Waals surface area contributed by atoms with E-state index in [0.29, 0.717) is 23.5 Å². The highest BCUT2D eigenvalue weighted by molar-refractivity contribution is 6.12. The van der Waals surface area contributed by atoms with E-state index >= 15 is 0 Å². The standard InChI is InChI=1S/C21H22N2O5/c1-4-21(14-8-6-5-7-9-14)19(25)23(20(26)22-21)13-17(24)16-11-10-15(27-2)12-18(16)28-3/h5-12H,4,13H2,1-3H3,(H,22,26). The van der Waals surface area contributed by atoms with Crippen molar-refractivity contribution in [3.05, 3.63) is 59.7 Å². The van der Waals surface area contributed by atoms with Crippen LogP contribution < -0.4 is 14.8 Å². The van der Waals surface area contributed by atoms with Gasteiger partial charge in [0.25, 0.3) is 5.91 Å². The number of urea groups is 1. The fourth-order valence-corrected chi connectivity index (χ4v) is 3.39.